The normalized spacial score (nSPS) is 10.6. The Balaban J connectivity index is 2.69. The highest BCUT2D eigenvalue weighted by Crippen LogP contribution is 2.16. The van der Waals surface area contributed by atoms with E-state index in [0.29, 0.717) is 25.1 Å². The molecular formula is C13H19FN2O. The molecule has 1 aromatic rings. The molecule has 0 aliphatic rings. The third-order valence-electron chi connectivity index (χ3n) is 2.15. The second-order valence-electron chi connectivity index (χ2n) is 4.08. The average Bonchev–Trinajstić information content (AvgIpc) is 2.29. The van der Waals surface area contributed by atoms with Gasteiger partial charge in [-0.3, -0.25) is 0 Å². The minimum absolute atomic E-state index is 0.333. The molecule has 0 radical (unpaired) electrons. The molecule has 0 saturated heterocycles. The number of ether oxygens (including phenoxy) is 1. The van der Waals surface area contributed by atoms with E-state index in [1.165, 1.54) is 12.3 Å². The summed E-state index contributed by atoms with van der Waals surface area (Å²) >= 11 is 0. The van der Waals surface area contributed by atoms with E-state index in [1.54, 1.807) is 6.08 Å². The van der Waals surface area contributed by atoms with Gasteiger partial charge in [0, 0.05) is 18.2 Å². The van der Waals surface area contributed by atoms with Gasteiger partial charge in [0.15, 0.2) is 0 Å². The van der Waals surface area contributed by atoms with E-state index in [4.69, 9.17) is 4.74 Å². The Morgan fingerprint density at radius 3 is 3.00 bits per heavy atom. The lowest BCUT2D eigenvalue weighted by Gasteiger charge is -2.12. The third-order valence-corrected chi connectivity index (χ3v) is 2.15. The maximum Gasteiger partial charge on any atom is 0.218 e. The fraction of sp³-hybridized carbons (Fsp3) is 0.462. The summed E-state index contributed by atoms with van der Waals surface area (Å²) < 4.78 is 18.6. The minimum atomic E-state index is -0.346. The standard InChI is InChI=1S/C13H19FN2O/c1-4-5-6-17-13-11(8-15-10(2)3)7-12(14)9-16-13/h4,7,9-10,15H,1,5-6,8H2,2-3H3. The Morgan fingerprint density at radius 1 is 1.59 bits per heavy atom. The first-order valence-electron chi connectivity index (χ1n) is 5.75. The molecule has 0 aromatic carbocycles. The van der Waals surface area contributed by atoms with Gasteiger partial charge in [-0.25, -0.2) is 9.37 Å². The van der Waals surface area contributed by atoms with Crippen molar-refractivity contribution in [3.63, 3.8) is 0 Å². The predicted molar refractivity (Wildman–Crippen MR) is 66.5 cm³/mol. The maximum atomic E-state index is 13.1. The zero-order valence-corrected chi connectivity index (χ0v) is 10.4. The van der Waals surface area contributed by atoms with Gasteiger partial charge < -0.3 is 10.1 Å². The molecule has 0 aliphatic heterocycles. The molecule has 17 heavy (non-hydrogen) atoms. The highest BCUT2D eigenvalue weighted by molar-refractivity contribution is 5.26. The minimum Gasteiger partial charge on any atom is -0.477 e. The number of halogens is 1. The first kappa shape index (κ1) is 13.6. The van der Waals surface area contributed by atoms with Crippen LogP contribution in [0.3, 0.4) is 0 Å². The summed E-state index contributed by atoms with van der Waals surface area (Å²) in [5, 5.41) is 3.21. The van der Waals surface area contributed by atoms with E-state index in [2.05, 4.69) is 16.9 Å². The van der Waals surface area contributed by atoms with Crippen molar-refractivity contribution < 1.29 is 9.13 Å². The zero-order chi connectivity index (χ0) is 12.7. The third kappa shape index (κ3) is 4.95. The molecule has 3 nitrogen and oxygen atoms in total. The molecule has 1 rings (SSSR count). The second kappa shape index (κ2) is 7.01. The fourth-order valence-corrected chi connectivity index (χ4v) is 1.28. The highest BCUT2D eigenvalue weighted by Gasteiger charge is 2.07. The van der Waals surface area contributed by atoms with Crippen LogP contribution in [-0.4, -0.2) is 17.6 Å². The van der Waals surface area contributed by atoms with E-state index in [-0.39, 0.29) is 5.82 Å². The van der Waals surface area contributed by atoms with Crippen molar-refractivity contribution in [2.24, 2.45) is 0 Å². The van der Waals surface area contributed by atoms with Gasteiger partial charge in [-0.2, -0.15) is 0 Å². The van der Waals surface area contributed by atoms with Crippen LogP contribution in [0, 0.1) is 5.82 Å². The molecule has 0 amide bonds. The molecule has 0 bridgehead atoms. The summed E-state index contributed by atoms with van der Waals surface area (Å²) in [6.07, 6.45) is 3.69. The van der Waals surface area contributed by atoms with Crippen LogP contribution in [0.1, 0.15) is 25.8 Å². The van der Waals surface area contributed by atoms with Gasteiger partial charge >= 0.3 is 0 Å². The van der Waals surface area contributed by atoms with E-state index < -0.39 is 0 Å². The number of hydrogen-bond acceptors (Lipinski definition) is 3. The fourth-order valence-electron chi connectivity index (χ4n) is 1.28. The van der Waals surface area contributed by atoms with Crippen LogP contribution in [0.2, 0.25) is 0 Å². The maximum absolute atomic E-state index is 13.1. The largest absolute Gasteiger partial charge is 0.477 e. The van der Waals surface area contributed by atoms with Crippen LogP contribution in [0.15, 0.2) is 24.9 Å². The van der Waals surface area contributed by atoms with Gasteiger partial charge in [-0.1, -0.05) is 19.9 Å². The Hall–Kier alpha value is -1.42. The van der Waals surface area contributed by atoms with Crippen molar-refractivity contribution in [1.82, 2.24) is 10.3 Å². The number of hydrogen-bond donors (Lipinski definition) is 1. The van der Waals surface area contributed by atoms with Gasteiger partial charge in [0.25, 0.3) is 0 Å². The Bertz CT molecular complexity index is 366. The van der Waals surface area contributed by atoms with Crippen LogP contribution in [-0.2, 0) is 6.54 Å². The summed E-state index contributed by atoms with van der Waals surface area (Å²) in [5.74, 6) is 0.142. The van der Waals surface area contributed by atoms with Crippen LogP contribution in [0.25, 0.3) is 0 Å². The summed E-state index contributed by atoms with van der Waals surface area (Å²) in [6, 6.07) is 1.78. The van der Waals surface area contributed by atoms with Crippen molar-refractivity contribution in [2.45, 2.75) is 32.9 Å². The molecule has 94 valence electrons. The molecule has 1 N–H and O–H groups in total. The Morgan fingerprint density at radius 2 is 2.35 bits per heavy atom. The van der Waals surface area contributed by atoms with E-state index in [9.17, 15) is 4.39 Å². The molecule has 0 atom stereocenters. The number of nitrogens with one attached hydrogen (secondary N) is 1. The summed E-state index contributed by atoms with van der Waals surface area (Å²) in [5.41, 5.74) is 0.739. The van der Waals surface area contributed by atoms with Crippen molar-refractivity contribution in [3.05, 3.63) is 36.3 Å². The van der Waals surface area contributed by atoms with Crippen molar-refractivity contribution in [3.8, 4) is 5.88 Å². The molecule has 0 spiro atoms. The van der Waals surface area contributed by atoms with Crippen LogP contribution in [0.4, 0.5) is 4.39 Å². The molecule has 4 heteroatoms. The lowest BCUT2D eigenvalue weighted by molar-refractivity contribution is 0.306. The SMILES string of the molecule is C=CCCOc1ncc(F)cc1CNC(C)C. The van der Waals surface area contributed by atoms with Gasteiger partial charge in [0.2, 0.25) is 5.88 Å². The first-order valence-corrected chi connectivity index (χ1v) is 5.75. The number of aromatic nitrogens is 1. The topological polar surface area (TPSA) is 34.1 Å². The molecule has 1 aromatic heterocycles. The molecule has 0 aliphatic carbocycles. The smallest absolute Gasteiger partial charge is 0.218 e. The van der Waals surface area contributed by atoms with Gasteiger partial charge in [-0.05, 0) is 12.5 Å². The lowest BCUT2D eigenvalue weighted by Crippen LogP contribution is -2.22. The average molecular weight is 238 g/mol. The van der Waals surface area contributed by atoms with Crippen LogP contribution >= 0.6 is 0 Å². The summed E-state index contributed by atoms with van der Waals surface area (Å²) in [6.45, 7) is 8.74. The van der Waals surface area contributed by atoms with Crippen LogP contribution < -0.4 is 10.1 Å². The zero-order valence-electron chi connectivity index (χ0n) is 10.4. The van der Waals surface area contributed by atoms with Crippen molar-refractivity contribution in [1.29, 1.82) is 0 Å². The van der Waals surface area contributed by atoms with Gasteiger partial charge in [-0.15, -0.1) is 6.58 Å². The van der Waals surface area contributed by atoms with E-state index in [0.717, 1.165) is 12.0 Å². The molecule has 0 unspecified atom stereocenters. The quantitative estimate of drug-likeness (QED) is 0.586. The van der Waals surface area contributed by atoms with E-state index in [1.807, 2.05) is 13.8 Å². The van der Waals surface area contributed by atoms with Crippen molar-refractivity contribution in [2.75, 3.05) is 6.61 Å². The molecular weight excluding hydrogens is 219 g/mol. The molecule has 0 saturated carbocycles. The lowest BCUT2D eigenvalue weighted by atomic mass is 10.2. The number of rotatable bonds is 7. The highest BCUT2D eigenvalue weighted by atomic mass is 19.1. The van der Waals surface area contributed by atoms with Crippen LogP contribution in [0.5, 0.6) is 5.88 Å². The first-order chi connectivity index (χ1) is 8.13. The number of nitrogens with zero attached hydrogens (tertiary/aromatic N) is 1. The second-order valence-corrected chi connectivity index (χ2v) is 4.08. The summed E-state index contributed by atoms with van der Waals surface area (Å²) in [7, 11) is 0. The molecule has 0 fully saturated rings. The Kier molecular flexibility index (Phi) is 5.63. The monoisotopic (exact) mass is 238 g/mol. The van der Waals surface area contributed by atoms with Gasteiger partial charge in [0.05, 0.1) is 12.8 Å². The predicted octanol–water partition coefficient (Wildman–Crippen LogP) is 2.67. The Labute approximate surface area is 102 Å². The van der Waals surface area contributed by atoms with Crippen molar-refractivity contribution >= 4 is 0 Å². The van der Waals surface area contributed by atoms with E-state index >= 15 is 0 Å². The number of pyridine rings is 1. The van der Waals surface area contributed by atoms with Gasteiger partial charge in [0.1, 0.15) is 5.82 Å². The summed E-state index contributed by atoms with van der Waals surface area (Å²) in [4.78, 5) is 3.96. The molecule has 1 heterocycles.